The molecule has 0 saturated heterocycles. The fourth-order valence-corrected chi connectivity index (χ4v) is 3.69. The predicted molar refractivity (Wildman–Crippen MR) is 78.9 cm³/mol. The van der Waals surface area contributed by atoms with E-state index in [-0.39, 0.29) is 28.8 Å². The minimum absolute atomic E-state index is 0.00991. The van der Waals surface area contributed by atoms with Crippen LogP contribution in [0, 0.1) is 0 Å². The second-order valence-electron chi connectivity index (χ2n) is 4.41. The Morgan fingerprint density at radius 2 is 1.85 bits per heavy atom. The van der Waals surface area contributed by atoms with Crippen molar-refractivity contribution >= 4 is 31.5 Å². The van der Waals surface area contributed by atoms with E-state index in [9.17, 15) is 16.8 Å². The molecule has 0 aliphatic rings. The van der Waals surface area contributed by atoms with Crippen molar-refractivity contribution in [2.45, 2.75) is 11.4 Å². The Morgan fingerprint density at radius 3 is 2.30 bits per heavy atom. The Balaban J connectivity index is 3.01. The molecule has 0 aliphatic carbocycles. The summed E-state index contributed by atoms with van der Waals surface area (Å²) in [6, 6.07) is 4.26. The molecule has 1 aromatic rings. The topological polar surface area (TPSA) is 97.5 Å². The SMILES string of the molecule is CN(CCS(C)(=O)=O)S(=O)(=O)c1ccc(CN)c(Cl)c1. The number of hydrogen-bond acceptors (Lipinski definition) is 5. The highest BCUT2D eigenvalue weighted by atomic mass is 35.5. The van der Waals surface area contributed by atoms with Crippen LogP contribution in [0.5, 0.6) is 0 Å². The highest BCUT2D eigenvalue weighted by Gasteiger charge is 2.22. The Hall–Kier alpha value is -0.670. The molecule has 20 heavy (non-hydrogen) atoms. The quantitative estimate of drug-likeness (QED) is 0.811. The molecule has 0 spiro atoms. The van der Waals surface area contributed by atoms with Gasteiger partial charge in [-0.3, -0.25) is 0 Å². The van der Waals surface area contributed by atoms with Crippen molar-refractivity contribution in [3.8, 4) is 0 Å². The van der Waals surface area contributed by atoms with Gasteiger partial charge in [0.15, 0.2) is 0 Å². The Kier molecular flexibility index (Phi) is 5.56. The highest BCUT2D eigenvalue weighted by Crippen LogP contribution is 2.22. The number of benzene rings is 1. The van der Waals surface area contributed by atoms with Gasteiger partial charge < -0.3 is 5.73 Å². The Bertz CT molecular complexity index is 686. The lowest BCUT2D eigenvalue weighted by Crippen LogP contribution is -2.31. The zero-order chi connectivity index (χ0) is 15.6. The molecule has 0 aromatic heterocycles. The van der Waals surface area contributed by atoms with Gasteiger partial charge in [0, 0.05) is 31.4 Å². The zero-order valence-electron chi connectivity index (χ0n) is 11.2. The average Bonchev–Trinajstić information content (AvgIpc) is 2.34. The summed E-state index contributed by atoms with van der Waals surface area (Å²) in [6.45, 7) is 0.0977. The average molecular weight is 341 g/mol. The van der Waals surface area contributed by atoms with E-state index in [1.54, 1.807) is 6.07 Å². The van der Waals surface area contributed by atoms with Crippen LogP contribution >= 0.6 is 11.6 Å². The molecule has 0 aliphatic heterocycles. The number of sulfonamides is 1. The summed E-state index contributed by atoms with van der Waals surface area (Å²) in [4.78, 5) is 0.00991. The van der Waals surface area contributed by atoms with Gasteiger partial charge in [0.2, 0.25) is 10.0 Å². The molecule has 0 saturated carbocycles. The van der Waals surface area contributed by atoms with Crippen molar-refractivity contribution in [2.75, 3.05) is 25.6 Å². The molecular weight excluding hydrogens is 324 g/mol. The molecule has 1 rings (SSSR count). The van der Waals surface area contributed by atoms with Crippen LogP contribution in [0.2, 0.25) is 5.02 Å². The van der Waals surface area contributed by atoms with Gasteiger partial charge in [0.1, 0.15) is 9.84 Å². The van der Waals surface area contributed by atoms with Crippen molar-refractivity contribution in [1.82, 2.24) is 4.31 Å². The monoisotopic (exact) mass is 340 g/mol. The molecule has 2 N–H and O–H groups in total. The van der Waals surface area contributed by atoms with E-state index in [1.165, 1.54) is 19.2 Å². The molecule has 6 nitrogen and oxygen atoms in total. The van der Waals surface area contributed by atoms with E-state index in [4.69, 9.17) is 17.3 Å². The second kappa shape index (κ2) is 6.40. The van der Waals surface area contributed by atoms with Crippen LogP contribution in [0.4, 0.5) is 0 Å². The number of nitrogens with zero attached hydrogens (tertiary/aromatic N) is 1. The minimum atomic E-state index is -3.77. The van der Waals surface area contributed by atoms with Crippen LogP contribution in [0.3, 0.4) is 0 Å². The van der Waals surface area contributed by atoms with Crippen LogP contribution in [0.15, 0.2) is 23.1 Å². The lowest BCUT2D eigenvalue weighted by Gasteiger charge is -2.17. The van der Waals surface area contributed by atoms with Gasteiger partial charge in [-0.15, -0.1) is 0 Å². The standard InChI is InChI=1S/C11H17ClN2O4S2/c1-14(5-6-19(2,15)16)20(17,18)10-4-3-9(8-13)11(12)7-10/h3-4,7H,5-6,8,13H2,1-2H3. The number of sulfone groups is 1. The van der Waals surface area contributed by atoms with Crippen molar-refractivity contribution < 1.29 is 16.8 Å². The minimum Gasteiger partial charge on any atom is -0.326 e. The first-order valence-corrected chi connectivity index (χ1v) is 9.58. The van der Waals surface area contributed by atoms with Crippen molar-refractivity contribution in [3.63, 3.8) is 0 Å². The number of rotatable bonds is 6. The summed E-state index contributed by atoms with van der Waals surface area (Å²) < 4.78 is 47.6. The van der Waals surface area contributed by atoms with Crippen LogP contribution in [0.1, 0.15) is 5.56 Å². The lowest BCUT2D eigenvalue weighted by atomic mass is 10.2. The molecule has 114 valence electrons. The van der Waals surface area contributed by atoms with Crippen LogP contribution in [0.25, 0.3) is 0 Å². The molecule has 0 amide bonds. The van der Waals surface area contributed by atoms with Crippen LogP contribution in [-0.2, 0) is 26.4 Å². The van der Waals surface area contributed by atoms with Gasteiger partial charge >= 0.3 is 0 Å². The van der Waals surface area contributed by atoms with Gasteiger partial charge in [-0.1, -0.05) is 17.7 Å². The maximum absolute atomic E-state index is 12.2. The van der Waals surface area contributed by atoms with E-state index in [1.807, 2.05) is 0 Å². The molecule has 0 fully saturated rings. The largest absolute Gasteiger partial charge is 0.326 e. The first-order chi connectivity index (χ1) is 9.08. The summed E-state index contributed by atoms with van der Waals surface area (Å²) >= 11 is 5.93. The summed E-state index contributed by atoms with van der Waals surface area (Å²) in [7, 11) is -5.67. The third-order valence-electron chi connectivity index (χ3n) is 2.73. The first kappa shape index (κ1) is 17.4. The zero-order valence-corrected chi connectivity index (χ0v) is 13.6. The summed E-state index contributed by atoms with van der Waals surface area (Å²) in [5.41, 5.74) is 6.10. The summed E-state index contributed by atoms with van der Waals surface area (Å²) in [6.07, 6.45) is 1.06. The third kappa shape index (κ3) is 4.42. The lowest BCUT2D eigenvalue weighted by molar-refractivity contribution is 0.485. The number of nitrogens with two attached hydrogens (primary N) is 1. The molecule has 0 radical (unpaired) electrons. The maximum atomic E-state index is 12.2. The smallest absolute Gasteiger partial charge is 0.242 e. The third-order valence-corrected chi connectivity index (χ3v) is 5.86. The summed E-state index contributed by atoms with van der Waals surface area (Å²) in [5, 5.41) is 0.269. The van der Waals surface area contributed by atoms with E-state index in [2.05, 4.69) is 0 Å². The van der Waals surface area contributed by atoms with Gasteiger partial charge in [-0.25, -0.2) is 16.8 Å². The van der Waals surface area contributed by atoms with Gasteiger partial charge in [0.25, 0.3) is 0 Å². The molecule has 0 bridgehead atoms. The van der Waals surface area contributed by atoms with Crippen LogP contribution in [-0.4, -0.2) is 46.7 Å². The fraction of sp³-hybridized carbons (Fsp3) is 0.455. The molecule has 1 aromatic carbocycles. The van der Waals surface area contributed by atoms with Crippen molar-refractivity contribution in [3.05, 3.63) is 28.8 Å². The summed E-state index contributed by atoms with van der Waals surface area (Å²) in [5.74, 6) is -0.239. The maximum Gasteiger partial charge on any atom is 0.242 e. The van der Waals surface area contributed by atoms with E-state index < -0.39 is 19.9 Å². The normalized spacial score (nSPS) is 12.8. The highest BCUT2D eigenvalue weighted by molar-refractivity contribution is 7.91. The number of hydrogen-bond donors (Lipinski definition) is 1. The number of halogens is 1. The van der Waals surface area contributed by atoms with Crippen molar-refractivity contribution in [1.29, 1.82) is 0 Å². The molecule has 9 heteroatoms. The molecule has 0 atom stereocenters. The molecule has 0 unspecified atom stereocenters. The van der Waals surface area contributed by atoms with Crippen molar-refractivity contribution in [2.24, 2.45) is 5.73 Å². The molecular formula is C11H17ClN2O4S2. The fourth-order valence-electron chi connectivity index (χ4n) is 1.45. The van der Waals surface area contributed by atoms with E-state index in [0.29, 0.717) is 5.56 Å². The van der Waals surface area contributed by atoms with Gasteiger partial charge in [0.05, 0.1) is 10.6 Å². The van der Waals surface area contributed by atoms with Crippen LogP contribution < -0.4 is 5.73 Å². The second-order valence-corrected chi connectivity index (χ2v) is 9.13. The van der Waals surface area contributed by atoms with E-state index in [0.717, 1.165) is 10.6 Å². The molecule has 0 heterocycles. The predicted octanol–water partition coefficient (Wildman–Crippen LogP) is 0.464. The van der Waals surface area contributed by atoms with E-state index >= 15 is 0 Å². The Labute approximate surface area is 124 Å². The first-order valence-electron chi connectivity index (χ1n) is 5.70. The Morgan fingerprint density at radius 1 is 1.25 bits per heavy atom. The van der Waals surface area contributed by atoms with Gasteiger partial charge in [-0.2, -0.15) is 4.31 Å². The van der Waals surface area contributed by atoms with Gasteiger partial charge in [-0.05, 0) is 17.7 Å².